The van der Waals surface area contributed by atoms with E-state index in [0.717, 1.165) is 17.9 Å². The van der Waals surface area contributed by atoms with Crippen molar-refractivity contribution >= 4 is 22.9 Å². The van der Waals surface area contributed by atoms with Crippen molar-refractivity contribution < 1.29 is 0 Å². The fourth-order valence-electron chi connectivity index (χ4n) is 2.22. The van der Waals surface area contributed by atoms with Crippen molar-refractivity contribution in [2.45, 2.75) is 37.6 Å². The van der Waals surface area contributed by atoms with Gasteiger partial charge in [0.1, 0.15) is 0 Å². The standard InChI is InChI=1S/C10H14ClNS/c1-10(4-2-7(12)6-10)9-8(11)3-5-13-9/h3,5,7H,2,4,6,12H2,1H3. The van der Waals surface area contributed by atoms with Crippen LogP contribution in [0.1, 0.15) is 31.1 Å². The molecule has 0 aromatic carbocycles. The summed E-state index contributed by atoms with van der Waals surface area (Å²) in [6.07, 6.45) is 3.38. The monoisotopic (exact) mass is 215 g/mol. The number of hydrogen-bond donors (Lipinski definition) is 1. The van der Waals surface area contributed by atoms with E-state index < -0.39 is 0 Å². The third-order valence-electron chi connectivity index (χ3n) is 2.94. The van der Waals surface area contributed by atoms with Crippen molar-refractivity contribution in [1.82, 2.24) is 0 Å². The lowest BCUT2D eigenvalue weighted by atomic mass is 9.87. The van der Waals surface area contributed by atoms with Gasteiger partial charge in [-0.15, -0.1) is 11.3 Å². The summed E-state index contributed by atoms with van der Waals surface area (Å²) in [5, 5.41) is 2.98. The highest BCUT2D eigenvalue weighted by molar-refractivity contribution is 7.10. The molecule has 2 N–H and O–H groups in total. The van der Waals surface area contributed by atoms with Crippen LogP contribution in [0.25, 0.3) is 0 Å². The molecular formula is C10H14ClNS. The summed E-state index contributed by atoms with van der Waals surface area (Å²) in [6, 6.07) is 2.35. The van der Waals surface area contributed by atoms with Gasteiger partial charge in [-0.25, -0.2) is 0 Å². The fraction of sp³-hybridized carbons (Fsp3) is 0.600. The molecule has 2 atom stereocenters. The van der Waals surface area contributed by atoms with Crippen LogP contribution < -0.4 is 5.73 Å². The van der Waals surface area contributed by atoms with Gasteiger partial charge in [-0.2, -0.15) is 0 Å². The fourth-order valence-corrected chi connectivity index (χ4v) is 3.71. The van der Waals surface area contributed by atoms with Crippen molar-refractivity contribution in [3.63, 3.8) is 0 Å². The minimum Gasteiger partial charge on any atom is -0.328 e. The Morgan fingerprint density at radius 2 is 2.46 bits per heavy atom. The van der Waals surface area contributed by atoms with E-state index in [-0.39, 0.29) is 5.41 Å². The molecule has 1 saturated carbocycles. The van der Waals surface area contributed by atoms with E-state index in [2.05, 4.69) is 12.3 Å². The van der Waals surface area contributed by atoms with Crippen molar-refractivity contribution in [1.29, 1.82) is 0 Å². The molecule has 3 heteroatoms. The number of rotatable bonds is 1. The molecule has 1 aromatic heterocycles. The zero-order chi connectivity index (χ0) is 9.47. The third kappa shape index (κ3) is 1.63. The molecule has 1 heterocycles. The molecule has 1 nitrogen and oxygen atoms in total. The predicted molar refractivity (Wildman–Crippen MR) is 58.5 cm³/mol. The first kappa shape index (κ1) is 9.50. The van der Waals surface area contributed by atoms with Gasteiger partial charge in [-0.3, -0.25) is 0 Å². The van der Waals surface area contributed by atoms with Gasteiger partial charge in [-0.05, 0) is 30.7 Å². The van der Waals surface area contributed by atoms with Crippen LogP contribution >= 0.6 is 22.9 Å². The highest BCUT2D eigenvalue weighted by atomic mass is 35.5. The Labute approximate surface area is 87.9 Å². The molecule has 0 bridgehead atoms. The third-order valence-corrected chi connectivity index (χ3v) is 4.59. The second-order valence-electron chi connectivity index (χ2n) is 4.16. The van der Waals surface area contributed by atoms with Crippen LogP contribution in [0.4, 0.5) is 0 Å². The van der Waals surface area contributed by atoms with Gasteiger partial charge >= 0.3 is 0 Å². The quantitative estimate of drug-likeness (QED) is 0.765. The number of nitrogens with two attached hydrogens (primary N) is 1. The van der Waals surface area contributed by atoms with Crippen LogP contribution in [0.3, 0.4) is 0 Å². The van der Waals surface area contributed by atoms with Crippen LogP contribution in [-0.2, 0) is 5.41 Å². The van der Waals surface area contributed by atoms with Crippen molar-refractivity contribution in [2.24, 2.45) is 5.73 Å². The lowest BCUT2D eigenvalue weighted by Gasteiger charge is -2.22. The van der Waals surface area contributed by atoms with Gasteiger partial charge in [0.15, 0.2) is 0 Å². The molecule has 0 radical (unpaired) electrons. The maximum atomic E-state index is 6.13. The summed E-state index contributed by atoms with van der Waals surface area (Å²) in [5.74, 6) is 0. The van der Waals surface area contributed by atoms with Gasteiger partial charge in [0.25, 0.3) is 0 Å². The molecule has 0 spiro atoms. The van der Waals surface area contributed by atoms with E-state index in [0.29, 0.717) is 6.04 Å². The van der Waals surface area contributed by atoms with Crippen LogP contribution in [0.15, 0.2) is 11.4 Å². The van der Waals surface area contributed by atoms with Crippen LogP contribution in [0.2, 0.25) is 5.02 Å². The summed E-state index contributed by atoms with van der Waals surface area (Å²) in [5.41, 5.74) is 6.17. The highest BCUT2D eigenvalue weighted by Gasteiger charge is 2.37. The minimum atomic E-state index is 0.241. The molecule has 1 aliphatic carbocycles. The van der Waals surface area contributed by atoms with Gasteiger partial charge in [0.2, 0.25) is 0 Å². The van der Waals surface area contributed by atoms with E-state index in [1.807, 2.05) is 6.07 Å². The molecule has 1 aliphatic rings. The first-order valence-corrected chi connectivity index (χ1v) is 5.87. The zero-order valence-electron chi connectivity index (χ0n) is 7.72. The number of halogens is 1. The molecule has 0 saturated heterocycles. The number of hydrogen-bond acceptors (Lipinski definition) is 2. The van der Waals surface area contributed by atoms with E-state index in [4.69, 9.17) is 17.3 Å². The molecule has 2 rings (SSSR count). The largest absolute Gasteiger partial charge is 0.328 e. The first-order valence-electron chi connectivity index (χ1n) is 4.61. The lowest BCUT2D eigenvalue weighted by Crippen LogP contribution is -2.21. The molecular weight excluding hydrogens is 202 g/mol. The summed E-state index contributed by atoms with van der Waals surface area (Å²) in [7, 11) is 0. The SMILES string of the molecule is CC1(c2sccc2Cl)CCC(N)C1. The predicted octanol–water partition coefficient (Wildman–Crippen LogP) is 3.17. The summed E-state index contributed by atoms with van der Waals surface area (Å²) >= 11 is 7.89. The van der Waals surface area contributed by atoms with Crippen LogP contribution in [0, 0.1) is 0 Å². The summed E-state index contributed by atoms with van der Waals surface area (Å²) in [6.45, 7) is 2.28. The Balaban J connectivity index is 2.30. The summed E-state index contributed by atoms with van der Waals surface area (Å²) < 4.78 is 0. The van der Waals surface area contributed by atoms with Gasteiger partial charge < -0.3 is 5.73 Å². The molecule has 0 aliphatic heterocycles. The van der Waals surface area contributed by atoms with E-state index in [1.54, 1.807) is 11.3 Å². The van der Waals surface area contributed by atoms with Crippen molar-refractivity contribution in [2.75, 3.05) is 0 Å². The topological polar surface area (TPSA) is 26.0 Å². The van der Waals surface area contributed by atoms with Crippen LogP contribution in [-0.4, -0.2) is 6.04 Å². The molecule has 2 unspecified atom stereocenters. The maximum absolute atomic E-state index is 6.13. The van der Waals surface area contributed by atoms with E-state index >= 15 is 0 Å². The number of thiophene rings is 1. The second kappa shape index (κ2) is 3.26. The zero-order valence-corrected chi connectivity index (χ0v) is 9.29. The Morgan fingerprint density at radius 3 is 2.92 bits per heavy atom. The minimum absolute atomic E-state index is 0.241. The Bertz CT molecular complexity index is 310. The van der Waals surface area contributed by atoms with Crippen LogP contribution in [0.5, 0.6) is 0 Å². The van der Waals surface area contributed by atoms with Gasteiger partial charge in [0, 0.05) is 16.3 Å². The average molecular weight is 216 g/mol. The Hall–Kier alpha value is -0.0500. The molecule has 72 valence electrons. The van der Waals surface area contributed by atoms with Gasteiger partial charge in [-0.1, -0.05) is 18.5 Å². The molecule has 1 fully saturated rings. The normalized spacial score (nSPS) is 33.9. The smallest absolute Gasteiger partial charge is 0.0550 e. The van der Waals surface area contributed by atoms with E-state index in [1.165, 1.54) is 11.3 Å². The van der Waals surface area contributed by atoms with Gasteiger partial charge in [0.05, 0.1) is 5.02 Å². The molecule has 1 aromatic rings. The first-order chi connectivity index (χ1) is 6.12. The molecule has 0 amide bonds. The van der Waals surface area contributed by atoms with E-state index in [9.17, 15) is 0 Å². The average Bonchev–Trinajstić information content (AvgIpc) is 2.59. The lowest BCUT2D eigenvalue weighted by molar-refractivity contribution is 0.492. The van der Waals surface area contributed by atoms with Crippen molar-refractivity contribution in [3.8, 4) is 0 Å². The summed E-state index contributed by atoms with van der Waals surface area (Å²) in [4.78, 5) is 1.32. The highest BCUT2D eigenvalue weighted by Crippen LogP contribution is 2.45. The Kier molecular flexibility index (Phi) is 2.39. The maximum Gasteiger partial charge on any atom is 0.0550 e. The molecule has 13 heavy (non-hydrogen) atoms. The Morgan fingerprint density at radius 1 is 1.69 bits per heavy atom. The second-order valence-corrected chi connectivity index (χ2v) is 5.48. The van der Waals surface area contributed by atoms with Crippen molar-refractivity contribution in [3.05, 3.63) is 21.3 Å².